The molecule has 2 amide bonds. The Hall–Kier alpha value is -1.47. The fourth-order valence-corrected chi connectivity index (χ4v) is 2.83. The van der Waals surface area contributed by atoms with E-state index in [1.807, 2.05) is 0 Å². The maximum absolute atomic E-state index is 12.4. The van der Waals surface area contributed by atoms with Crippen molar-refractivity contribution in [1.82, 2.24) is 15.2 Å². The summed E-state index contributed by atoms with van der Waals surface area (Å²) < 4.78 is 0. The van der Waals surface area contributed by atoms with E-state index in [1.54, 1.807) is 24.1 Å². The van der Waals surface area contributed by atoms with Crippen LogP contribution < -0.4 is 11.1 Å². The Morgan fingerprint density at radius 1 is 1.63 bits per heavy atom. The zero-order chi connectivity index (χ0) is 14.0. The maximum atomic E-state index is 12.4. The molecule has 1 aliphatic heterocycles. The van der Waals surface area contributed by atoms with Crippen LogP contribution in [0, 0.1) is 0 Å². The number of aromatic nitrogens is 1. The molecule has 0 saturated carbocycles. The molecule has 0 spiro atoms. The third kappa shape index (κ3) is 2.62. The van der Waals surface area contributed by atoms with Crippen molar-refractivity contribution >= 4 is 23.2 Å². The lowest BCUT2D eigenvalue weighted by Crippen LogP contribution is -2.63. The number of carbonyl (C=O) groups is 2. The molecule has 3 N–H and O–H groups in total. The Bertz CT molecular complexity index is 498. The second-order valence-corrected chi connectivity index (χ2v) is 5.88. The molecule has 1 fully saturated rings. The number of hydrogen-bond donors (Lipinski definition) is 2. The molecular formula is C12H18N4O2S. The normalized spacial score (nSPS) is 18.3. The molecule has 1 saturated heterocycles. The van der Waals surface area contributed by atoms with Crippen LogP contribution in [0.3, 0.4) is 0 Å². The number of carbonyl (C=O) groups excluding carboxylic acids is 2. The Balaban J connectivity index is 2.20. The molecule has 0 radical (unpaired) electrons. The van der Waals surface area contributed by atoms with Crippen LogP contribution in [0.25, 0.3) is 0 Å². The summed E-state index contributed by atoms with van der Waals surface area (Å²) in [6, 6.07) is 0. The molecule has 19 heavy (non-hydrogen) atoms. The van der Waals surface area contributed by atoms with E-state index < -0.39 is 5.54 Å². The van der Waals surface area contributed by atoms with Crippen molar-refractivity contribution in [2.45, 2.75) is 25.8 Å². The van der Waals surface area contributed by atoms with Crippen LogP contribution >= 0.6 is 11.3 Å². The first-order valence-corrected chi connectivity index (χ1v) is 7.09. The zero-order valence-corrected chi connectivity index (χ0v) is 11.9. The van der Waals surface area contributed by atoms with E-state index >= 15 is 0 Å². The van der Waals surface area contributed by atoms with Crippen molar-refractivity contribution in [3.63, 3.8) is 0 Å². The number of amides is 2. The minimum atomic E-state index is -0.840. The van der Waals surface area contributed by atoms with Crippen LogP contribution in [-0.4, -0.2) is 46.9 Å². The van der Waals surface area contributed by atoms with Crippen LogP contribution in [0.4, 0.5) is 0 Å². The van der Waals surface area contributed by atoms with Gasteiger partial charge in [-0.05, 0) is 20.4 Å². The minimum Gasteiger partial charge on any atom is -0.352 e. The smallest absolute Gasteiger partial charge is 0.274 e. The van der Waals surface area contributed by atoms with Gasteiger partial charge in [-0.25, -0.2) is 4.98 Å². The molecule has 0 unspecified atom stereocenters. The van der Waals surface area contributed by atoms with E-state index in [2.05, 4.69) is 10.3 Å². The highest BCUT2D eigenvalue weighted by atomic mass is 32.1. The van der Waals surface area contributed by atoms with Crippen molar-refractivity contribution < 1.29 is 9.59 Å². The molecule has 1 aliphatic rings. The number of rotatable bonds is 3. The van der Waals surface area contributed by atoms with Crippen LogP contribution in [0.5, 0.6) is 0 Å². The summed E-state index contributed by atoms with van der Waals surface area (Å²) in [7, 11) is 0. The molecule has 2 heterocycles. The van der Waals surface area contributed by atoms with E-state index in [-0.39, 0.29) is 11.8 Å². The maximum Gasteiger partial charge on any atom is 0.274 e. The van der Waals surface area contributed by atoms with Crippen LogP contribution in [-0.2, 0) is 11.2 Å². The lowest BCUT2D eigenvalue weighted by molar-refractivity contribution is -0.133. The van der Waals surface area contributed by atoms with E-state index in [0.29, 0.717) is 31.7 Å². The topological polar surface area (TPSA) is 88.3 Å². The summed E-state index contributed by atoms with van der Waals surface area (Å²) in [5, 5.41) is 5.35. The highest BCUT2D eigenvalue weighted by molar-refractivity contribution is 7.09. The van der Waals surface area contributed by atoms with E-state index in [0.717, 1.165) is 5.01 Å². The summed E-state index contributed by atoms with van der Waals surface area (Å²) >= 11 is 1.43. The van der Waals surface area contributed by atoms with Gasteiger partial charge in [0, 0.05) is 24.9 Å². The fourth-order valence-electron chi connectivity index (χ4n) is 2.04. The number of hydrogen-bond acceptors (Lipinski definition) is 5. The molecule has 1 aromatic rings. The van der Waals surface area contributed by atoms with Crippen molar-refractivity contribution in [2.24, 2.45) is 5.73 Å². The third-order valence-corrected chi connectivity index (χ3v) is 4.13. The van der Waals surface area contributed by atoms with Gasteiger partial charge in [0.15, 0.2) is 0 Å². The summed E-state index contributed by atoms with van der Waals surface area (Å²) in [5.74, 6) is -0.330. The van der Waals surface area contributed by atoms with Gasteiger partial charge in [0.05, 0.1) is 5.01 Å². The Morgan fingerprint density at radius 2 is 2.37 bits per heavy atom. The average molecular weight is 282 g/mol. The number of piperazine rings is 1. The molecular weight excluding hydrogens is 264 g/mol. The number of nitrogens with zero attached hydrogens (tertiary/aromatic N) is 2. The summed E-state index contributed by atoms with van der Waals surface area (Å²) in [6.45, 7) is 4.98. The average Bonchev–Trinajstić information content (AvgIpc) is 2.81. The molecule has 104 valence electrons. The first-order chi connectivity index (χ1) is 8.96. The van der Waals surface area contributed by atoms with Gasteiger partial charge in [0.2, 0.25) is 5.91 Å². The van der Waals surface area contributed by atoms with Gasteiger partial charge in [0.25, 0.3) is 5.91 Å². The molecule has 0 aliphatic carbocycles. The second-order valence-electron chi connectivity index (χ2n) is 4.94. The predicted molar refractivity (Wildman–Crippen MR) is 73.0 cm³/mol. The second kappa shape index (κ2) is 5.26. The van der Waals surface area contributed by atoms with Gasteiger partial charge in [0.1, 0.15) is 11.2 Å². The lowest BCUT2D eigenvalue weighted by Gasteiger charge is -2.40. The fraction of sp³-hybridized carbons (Fsp3) is 0.583. The van der Waals surface area contributed by atoms with Gasteiger partial charge in [-0.2, -0.15) is 0 Å². The molecule has 0 atom stereocenters. The molecule has 2 rings (SSSR count). The molecule has 1 aromatic heterocycles. The van der Waals surface area contributed by atoms with Crippen LogP contribution in [0.15, 0.2) is 5.38 Å². The van der Waals surface area contributed by atoms with E-state index in [9.17, 15) is 9.59 Å². The molecule has 6 nitrogen and oxygen atoms in total. The standard InChI is InChI=1S/C12H18N4O2S/c1-12(2)11(18)14-5-6-16(12)10(17)8-7-19-9(15-8)3-4-13/h7H,3-6,13H2,1-2H3,(H,14,18). The quantitative estimate of drug-likeness (QED) is 0.816. The number of nitrogens with two attached hydrogens (primary N) is 1. The van der Waals surface area contributed by atoms with Crippen molar-refractivity contribution in [3.05, 3.63) is 16.1 Å². The summed E-state index contributed by atoms with van der Waals surface area (Å²) in [4.78, 5) is 30.1. The van der Waals surface area contributed by atoms with E-state index in [1.165, 1.54) is 11.3 Å². The first kappa shape index (κ1) is 14.0. The number of nitrogens with one attached hydrogen (secondary N) is 1. The van der Waals surface area contributed by atoms with Crippen molar-refractivity contribution in [3.8, 4) is 0 Å². The lowest BCUT2D eigenvalue weighted by atomic mass is 9.98. The van der Waals surface area contributed by atoms with Gasteiger partial charge in [-0.3, -0.25) is 9.59 Å². The van der Waals surface area contributed by atoms with Gasteiger partial charge in [-0.15, -0.1) is 11.3 Å². The van der Waals surface area contributed by atoms with Gasteiger partial charge in [-0.1, -0.05) is 0 Å². The monoisotopic (exact) mass is 282 g/mol. The largest absolute Gasteiger partial charge is 0.352 e. The highest BCUT2D eigenvalue weighted by Crippen LogP contribution is 2.21. The third-order valence-electron chi connectivity index (χ3n) is 3.23. The predicted octanol–water partition coefficient (Wildman–Crippen LogP) is -0.00510. The van der Waals surface area contributed by atoms with Crippen molar-refractivity contribution in [2.75, 3.05) is 19.6 Å². The highest BCUT2D eigenvalue weighted by Gasteiger charge is 2.41. The minimum absolute atomic E-state index is 0.135. The molecule has 0 aromatic carbocycles. The van der Waals surface area contributed by atoms with Crippen LogP contribution in [0.2, 0.25) is 0 Å². The molecule has 7 heteroatoms. The van der Waals surface area contributed by atoms with E-state index in [4.69, 9.17) is 5.73 Å². The Kier molecular flexibility index (Phi) is 3.86. The van der Waals surface area contributed by atoms with Crippen molar-refractivity contribution in [1.29, 1.82) is 0 Å². The van der Waals surface area contributed by atoms with Crippen LogP contribution in [0.1, 0.15) is 29.3 Å². The summed E-state index contributed by atoms with van der Waals surface area (Å²) in [5.41, 5.74) is 5.03. The molecule has 0 bridgehead atoms. The SMILES string of the molecule is CC1(C)C(=O)NCCN1C(=O)c1csc(CCN)n1. The summed E-state index contributed by atoms with van der Waals surface area (Å²) in [6.07, 6.45) is 0.668. The zero-order valence-electron chi connectivity index (χ0n) is 11.1. The van der Waals surface area contributed by atoms with Gasteiger partial charge < -0.3 is 16.0 Å². The first-order valence-electron chi connectivity index (χ1n) is 6.21. The Labute approximate surface area is 116 Å². The number of thiazole rings is 1. The van der Waals surface area contributed by atoms with Gasteiger partial charge >= 0.3 is 0 Å². The Morgan fingerprint density at radius 3 is 3.05 bits per heavy atom.